The van der Waals surface area contributed by atoms with Crippen LogP contribution in [0.3, 0.4) is 0 Å². The number of carboxylic acids is 1. The van der Waals surface area contributed by atoms with E-state index in [1.165, 1.54) is 0 Å². The first-order valence-electron chi connectivity index (χ1n) is 5.45. The molecule has 0 spiro atoms. The van der Waals surface area contributed by atoms with Crippen LogP contribution in [0.25, 0.3) is 0 Å². The third-order valence-electron chi connectivity index (χ3n) is 2.46. The fraction of sp³-hybridized carbons (Fsp3) is 0.417. The van der Waals surface area contributed by atoms with Gasteiger partial charge in [-0.3, -0.25) is 4.79 Å². The Kier molecular flexibility index (Phi) is 5.75. The molecule has 5 heteroatoms. The maximum absolute atomic E-state index is 11.0. The van der Waals surface area contributed by atoms with Crippen molar-refractivity contribution in [2.75, 3.05) is 0 Å². The van der Waals surface area contributed by atoms with Crippen LogP contribution < -0.4 is 5.32 Å². The molecule has 0 fully saturated rings. The molecule has 0 aliphatic heterocycles. The number of nitrogens with one attached hydrogen (secondary N) is 1. The van der Waals surface area contributed by atoms with E-state index < -0.39 is 12.0 Å². The first-order valence-corrected chi connectivity index (χ1v) is 6.21. The van der Waals surface area contributed by atoms with Gasteiger partial charge >= 0.3 is 5.97 Å². The second-order valence-corrected chi connectivity index (χ2v) is 4.58. The highest BCUT2D eigenvalue weighted by molar-refractivity contribution is 6.35. The van der Waals surface area contributed by atoms with E-state index in [0.29, 0.717) is 23.0 Å². The van der Waals surface area contributed by atoms with Crippen LogP contribution in [0.5, 0.6) is 0 Å². The monoisotopic (exact) mass is 275 g/mol. The van der Waals surface area contributed by atoms with E-state index in [1.54, 1.807) is 18.2 Å². The van der Waals surface area contributed by atoms with E-state index in [0.717, 1.165) is 12.0 Å². The smallest absolute Gasteiger partial charge is 0.320 e. The van der Waals surface area contributed by atoms with Gasteiger partial charge in [-0.05, 0) is 18.6 Å². The van der Waals surface area contributed by atoms with Crippen molar-refractivity contribution in [1.82, 2.24) is 5.32 Å². The lowest BCUT2D eigenvalue weighted by molar-refractivity contribution is -0.139. The highest BCUT2D eigenvalue weighted by atomic mass is 35.5. The predicted molar refractivity (Wildman–Crippen MR) is 69.6 cm³/mol. The normalized spacial score (nSPS) is 12.4. The van der Waals surface area contributed by atoms with E-state index >= 15 is 0 Å². The molecule has 0 aliphatic rings. The second-order valence-electron chi connectivity index (χ2n) is 3.76. The van der Waals surface area contributed by atoms with Gasteiger partial charge < -0.3 is 10.4 Å². The molecule has 1 rings (SSSR count). The Bertz CT molecular complexity index is 376. The number of aliphatic carboxylic acids is 1. The van der Waals surface area contributed by atoms with Gasteiger partial charge in [0.1, 0.15) is 6.04 Å². The zero-order chi connectivity index (χ0) is 12.8. The van der Waals surface area contributed by atoms with Crippen molar-refractivity contribution in [2.45, 2.75) is 32.4 Å². The molecule has 1 aromatic carbocycles. The molecule has 3 nitrogen and oxygen atoms in total. The number of benzene rings is 1. The highest BCUT2D eigenvalue weighted by Crippen LogP contribution is 2.24. The van der Waals surface area contributed by atoms with Gasteiger partial charge in [-0.25, -0.2) is 0 Å². The van der Waals surface area contributed by atoms with E-state index in [2.05, 4.69) is 5.32 Å². The number of rotatable bonds is 6. The Morgan fingerprint density at radius 1 is 1.41 bits per heavy atom. The van der Waals surface area contributed by atoms with Gasteiger partial charge in [0, 0.05) is 22.2 Å². The molecular weight excluding hydrogens is 261 g/mol. The summed E-state index contributed by atoms with van der Waals surface area (Å²) in [4.78, 5) is 11.0. The summed E-state index contributed by atoms with van der Waals surface area (Å²) < 4.78 is 0. The Morgan fingerprint density at radius 3 is 2.47 bits per heavy atom. The molecular formula is C12H15Cl2NO2. The van der Waals surface area contributed by atoms with Crippen LogP contribution in [0.2, 0.25) is 10.0 Å². The molecule has 0 saturated heterocycles. The summed E-state index contributed by atoms with van der Waals surface area (Å²) in [5, 5.41) is 13.0. The van der Waals surface area contributed by atoms with E-state index in [1.807, 2.05) is 6.92 Å². The van der Waals surface area contributed by atoms with E-state index in [4.69, 9.17) is 28.3 Å². The van der Waals surface area contributed by atoms with Gasteiger partial charge in [-0.1, -0.05) is 42.6 Å². The number of carbonyl (C=O) groups is 1. The molecule has 0 saturated carbocycles. The van der Waals surface area contributed by atoms with Gasteiger partial charge in [-0.2, -0.15) is 0 Å². The van der Waals surface area contributed by atoms with Crippen LogP contribution in [0, 0.1) is 0 Å². The summed E-state index contributed by atoms with van der Waals surface area (Å²) in [6.07, 6.45) is 1.39. The molecule has 1 aromatic rings. The molecule has 2 N–H and O–H groups in total. The SMILES string of the molecule is CCCC(NCc1c(Cl)cccc1Cl)C(=O)O. The molecule has 0 amide bonds. The summed E-state index contributed by atoms with van der Waals surface area (Å²) in [5.74, 6) is -0.852. The predicted octanol–water partition coefficient (Wildman–Crippen LogP) is 3.34. The van der Waals surface area contributed by atoms with Crippen LogP contribution in [0.4, 0.5) is 0 Å². The van der Waals surface area contributed by atoms with E-state index in [-0.39, 0.29) is 0 Å². The maximum Gasteiger partial charge on any atom is 0.320 e. The van der Waals surface area contributed by atoms with Gasteiger partial charge in [0.2, 0.25) is 0 Å². The summed E-state index contributed by atoms with van der Waals surface area (Å²) in [7, 11) is 0. The van der Waals surface area contributed by atoms with Gasteiger partial charge in [-0.15, -0.1) is 0 Å². The Morgan fingerprint density at radius 2 is 2.00 bits per heavy atom. The lowest BCUT2D eigenvalue weighted by Crippen LogP contribution is -2.36. The van der Waals surface area contributed by atoms with Crippen molar-refractivity contribution >= 4 is 29.2 Å². The summed E-state index contributed by atoms with van der Waals surface area (Å²) >= 11 is 12.0. The van der Waals surface area contributed by atoms with Crippen molar-refractivity contribution in [3.05, 3.63) is 33.8 Å². The van der Waals surface area contributed by atoms with Crippen LogP contribution in [0.15, 0.2) is 18.2 Å². The minimum absolute atomic E-state index is 0.357. The van der Waals surface area contributed by atoms with Crippen LogP contribution >= 0.6 is 23.2 Å². The van der Waals surface area contributed by atoms with Crippen LogP contribution in [-0.4, -0.2) is 17.1 Å². The Balaban J connectivity index is 2.68. The zero-order valence-electron chi connectivity index (χ0n) is 9.54. The van der Waals surface area contributed by atoms with Crippen LogP contribution in [-0.2, 0) is 11.3 Å². The topological polar surface area (TPSA) is 49.3 Å². The zero-order valence-corrected chi connectivity index (χ0v) is 11.1. The standard InChI is InChI=1S/C12H15Cl2NO2/c1-2-4-11(12(16)17)15-7-8-9(13)5-3-6-10(8)14/h3,5-6,11,15H,2,4,7H2,1H3,(H,16,17). The lowest BCUT2D eigenvalue weighted by Gasteiger charge is -2.14. The molecule has 0 bridgehead atoms. The number of carboxylic acid groups (broad SMARTS) is 1. The Labute approximate surface area is 111 Å². The third kappa shape index (κ3) is 4.19. The average molecular weight is 276 g/mol. The molecule has 0 aliphatic carbocycles. The largest absolute Gasteiger partial charge is 0.480 e. The third-order valence-corrected chi connectivity index (χ3v) is 3.17. The Hall–Kier alpha value is -0.770. The van der Waals surface area contributed by atoms with E-state index in [9.17, 15) is 4.79 Å². The minimum atomic E-state index is -0.852. The summed E-state index contributed by atoms with van der Waals surface area (Å²) in [6.45, 7) is 2.30. The van der Waals surface area contributed by atoms with Gasteiger partial charge in [0.15, 0.2) is 0 Å². The molecule has 0 aromatic heterocycles. The second kappa shape index (κ2) is 6.84. The molecule has 1 unspecified atom stereocenters. The van der Waals surface area contributed by atoms with Crippen molar-refractivity contribution in [2.24, 2.45) is 0 Å². The van der Waals surface area contributed by atoms with Gasteiger partial charge in [0.05, 0.1) is 0 Å². The fourth-order valence-corrected chi connectivity index (χ4v) is 2.06. The highest BCUT2D eigenvalue weighted by Gasteiger charge is 2.16. The van der Waals surface area contributed by atoms with Gasteiger partial charge in [0.25, 0.3) is 0 Å². The lowest BCUT2D eigenvalue weighted by atomic mass is 10.1. The molecule has 0 radical (unpaired) electrons. The van der Waals surface area contributed by atoms with Crippen molar-refractivity contribution in [3.8, 4) is 0 Å². The van der Waals surface area contributed by atoms with Crippen molar-refractivity contribution in [3.63, 3.8) is 0 Å². The van der Waals surface area contributed by atoms with Crippen molar-refractivity contribution in [1.29, 1.82) is 0 Å². The maximum atomic E-state index is 11.0. The summed E-state index contributed by atoms with van der Waals surface area (Å²) in [5.41, 5.74) is 0.734. The molecule has 1 atom stereocenters. The number of halogens is 2. The number of hydrogen-bond donors (Lipinski definition) is 2. The van der Waals surface area contributed by atoms with Crippen LogP contribution in [0.1, 0.15) is 25.3 Å². The molecule has 17 heavy (non-hydrogen) atoms. The molecule has 94 valence electrons. The molecule has 0 heterocycles. The number of hydrogen-bond acceptors (Lipinski definition) is 2. The first kappa shape index (κ1) is 14.3. The minimum Gasteiger partial charge on any atom is -0.480 e. The first-order chi connectivity index (χ1) is 8.06. The summed E-state index contributed by atoms with van der Waals surface area (Å²) in [6, 6.07) is 4.67. The quantitative estimate of drug-likeness (QED) is 0.837. The van der Waals surface area contributed by atoms with Crippen molar-refractivity contribution < 1.29 is 9.90 Å². The average Bonchev–Trinajstić information content (AvgIpc) is 2.26. The fourth-order valence-electron chi connectivity index (χ4n) is 1.53.